The number of nitrogens with one attached hydrogen (secondary N) is 1. The molecule has 19 heavy (non-hydrogen) atoms. The number of anilines is 1. The molecule has 0 bridgehead atoms. The zero-order chi connectivity index (χ0) is 13.5. The molecule has 0 saturated carbocycles. The predicted octanol–water partition coefficient (Wildman–Crippen LogP) is 3.55. The van der Waals surface area contributed by atoms with Gasteiger partial charge < -0.3 is 11.1 Å². The Hall–Kier alpha value is -1.80. The van der Waals surface area contributed by atoms with E-state index >= 15 is 0 Å². The highest BCUT2D eigenvalue weighted by Gasteiger charge is 2.04. The maximum atomic E-state index is 5.91. The van der Waals surface area contributed by atoms with Crippen molar-refractivity contribution in [1.82, 2.24) is 5.32 Å². The van der Waals surface area contributed by atoms with Crippen molar-refractivity contribution >= 4 is 5.69 Å². The molecule has 0 aliphatic carbocycles. The smallest absolute Gasteiger partial charge is 0.0359 e. The van der Waals surface area contributed by atoms with Crippen molar-refractivity contribution in [3.05, 3.63) is 65.7 Å². The monoisotopic (exact) mass is 254 g/mol. The van der Waals surface area contributed by atoms with Crippen molar-refractivity contribution in [2.75, 3.05) is 12.3 Å². The van der Waals surface area contributed by atoms with Gasteiger partial charge in [-0.1, -0.05) is 55.5 Å². The topological polar surface area (TPSA) is 38.0 Å². The van der Waals surface area contributed by atoms with Gasteiger partial charge in [-0.2, -0.15) is 0 Å². The number of nitrogens with two attached hydrogens (primary N) is 1. The second kappa shape index (κ2) is 6.95. The van der Waals surface area contributed by atoms with Crippen molar-refractivity contribution in [2.24, 2.45) is 0 Å². The van der Waals surface area contributed by atoms with Crippen LogP contribution in [0.1, 0.15) is 30.4 Å². The first-order chi connectivity index (χ1) is 9.27. The van der Waals surface area contributed by atoms with Crippen molar-refractivity contribution in [3.8, 4) is 0 Å². The van der Waals surface area contributed by atoms with E-state index in [1.165, 1.54) is 11.1 Å². The van der Waals surface area contributed by atoms with E-state index in [1.807, 2.05) is 18.2 Å². The van der Waals surface area contributed by atoms with Crippen LogP contribution in [0.2, 0.25) is 0 Å². The van der Waals surface area contributed by atoms with Gasteiger partial charge in [-0.15, -0.1) is 0 Å². The minimum atomic E-state index is 0.585. The molecule has 2 nitrogen and oxygen atoms in total. The standard InChI is InChI=1S/C17H22N2/c1-14(15-7-3-2-4-8-15)11-12-19-13-16-9-5-6-10-17(16)18/h2-10,14,19H,11-13,18H2,1H3. The summed E-state index contributed by atoms with van der Waals surface area (Å²) < 4.78 is 0. The van der Waals surface area contributed by atoms with E-state index in [0.29, 0.717) is 5.92 Å². The van der Waals surface area contributed by atoms with E-state index in [1.54, 1.807) is 0 Å². The third-order valence-corrected chi connectivity index (χ3v) is 3.49. The molecule has 2 aromatic rings. The summed E-state index contributed by atoms with van der Waals surface area (Å²) >= 11 is 0. The largest absolute Gasteiger partial charge is 0.398 e. The summed E-state index contributed by atoms with van der Waals surface area (Å²) in [6.45, 7) is 4.12. The van der Waals surface area contributed by atoms with Crippen LogP contribution < -0.4 is 11.1 Å². The van der Waals surface area contributed by atoms with Crippen LogP contribution in [-0.4, -0.2) is 6.54 Å². The molecular formula is C17H22N2. The molecule has 100 valence electrons. The van der Waals surface area contributed by atoms with Gasteiger partial charge in [0.2, 0.25) is 0 Å². The lowest BCUT2D eigenvalue weighted by atomic mass is 9.98. The molecule has 0 amide bonds. The molecule has 0 radical (unpaired) electrons. The molecule has 0 aliphatic heterocycles. The Morgan fingerprint density at radius 1 is 1.00 bits per heavy atom. The van der Waals surface area contributed by atoms with Gasteiger partial charge in [0, 0.05) is 12.2 Å². The minimum absolute atomic E-state index is 0.585. The fourth-order valence-electron chi connectivity index (χ4n) is 2.19. The second-order valence-electron chi connectivity index (χ2n) is 4.98. The summed E-state index contributed by atoms with van der Waals surface area (Å²) in [5, 5.41) is 3.46. The number of nitrogen functional groups attached to an aromatic ring is 1. The first kappa shape index (κ1) is 13.6. The van der Waals surface area contributed by atoms with Crippen LogP contribution in [0.5, 0.6) is 0 Å². The van der Waals surface area contributed by atoms with Crippen LogP contribution in [0.25, 0.3) is 0 Å². The van der Waals surface area contributed by atoms with Crippen molar-refractivity contribution in [2.45, 2.75) is 25.8 Å². The molecular weight excluding hydrogens is 232 g/mol. The summed E-state index contributed by atoms with van der Waals surface area (Å²) in [6.07, 6.45) is 1.14. The van der Waals surface area contributed by atoms with E-state index in [9.17, 15) is 0 Å². The highest BCUT2D eigenvalue weighted by molar-refractivity contribution is 5.46. The molecule has 2 aromatic carbocycles. The summed E-state index contributed by atoms with van der Waals surface area (Å²) in [4.78, 5) is 0. The number of rotatable bonds is 6. The van der Waals surface area contributed by atoms with Gasteiger partial charge in [-0.3, -0.25) is 0 Å². The third kappa shape index (κ3) is 4.11. The van der Waals surface area contributed by atoms with E-state index in [0.717, 1.165) is 25.2 Å². The summed E-state index contributed by atoms with van der Waals surface area (Å²) in [5.41, 5.74) is 9.36. The summed E-state index contributed by atoms with van der Waals surface area (Å²) in [7, 11) is 0. The van der Waals surface area contributed by atoms with Crippen LogP contribution >= 0.6 is 0 Å². The van der Waals surface area contributed by atoms with Crippen LogP contribution in [-0.2, 0) is 6.54 Å². The van der Waals surface area contributed by atoms with E-state index < -0.39 is 0 Å². The summed E-state index contributed by atoms with van der Waals surface area (Å²) in [5.74, 6) is 0.585. The van der Waals surface area contributed by atoms with Crippen LogP contribution in [0.3, 0.4) is 0 Å². The molecule has 3 N–H and O–H groups in total. The van der Waals surface area contributed by atoms with Crippen molar-refractivity contribution in [3.63, 3.8) is 0 Å². The maximum absolute atomic E-state index is 5.91. The van der Waals surface area contributed by atoms with Gasteiger partial charge in [0.1, 0.15) is 0 Å². The highest BCUT2D eigenvalue weighted by Crippen LogP contribution is 2.17. The van der Waals surface area contributed by atoms with Gasteiger partial charge in [0.05, 0.1) is 0 Å². The zero-order valence-electron chi connectivity index (χ0n) is 11.5. The molecule has 2 heteroatoms. The fourth-order valence-corrected chi connectivity index (χ4v) is 2.19. The van der Waals surface area contributed by atoms with Gasteiger partial charge in [0.15, 0.2) is 0 Å². The lowest BCUT2D eigenvalue weighted by molar-refractivity contribution is 0.595. The van der Waals surface area contributed by atoms with E-state index in [4.69, 9.17) is 5.73 Å². The number of benzene rings is 2. The van der Waals surface area contributed by atoms with Crippen LogP contribution in [0, 0.1) is 0 Å². The Balaban J connectivity index is 1.74. The van der Waals surface area contributed by atoms with E-state index in [-0.39, 0.29) is 0 Å². The van der Waals surface area contributed by atoms with Gasteiger partial charge >= 0.3 is 0 Å². The maximum Gasteiger partial charge on any atom is 0.0359 e. The Morgan fingerprint density at radius 3 is 2.42 bits per heavy atom. The van der Waals surface area contributed by atoms with Gasteiger partial charge in [0.25, 0.3) is 0 Å². The lowest BCUT2D eigenvalue weighted by Crippen LogP contribution is -2.17. The highest BCUT2D eigenvalue weighted by atomic mass is 14.8. The van der Waals surface area contributed by atoms with Crippen molar-refractivity contribution in [1.29, 1.82) is 0 Å². The second-order valence-corrected chi connectivity index (χ2v) is 4.98. The number of hydrogen-bond donors (Lipinski definition) is 2. The molecule has 1 unspecified atom stereocenters. The first-order valence-corrected chi connectivity index (χ1v) is 6.86. The molecule has 0 heterocycles. The van der Waals surface area contributed by atoms with Crippen LogP contribution in [0.4, 0.5) is 5.69 Å². The van der Waals surface area contributed by atoms with Crippen molar-refractivity contribution < 1.29 is 0 Å². The molecule has 1 atom stereocenters. The average molecular weight is 254 g/mol. The average Bonchev–Trinajstić information content (AvgIpc) is 2.46. The molecule has 0 saturated heterocycles. The Morgan fingerprint density at radius 2 is 1.68 bits per heavy atom. The zero-order valence-corrected chi connectivity index (χ0v) is 11.5. The number of hydrogen-bond acceptors (Lipinski definition) is 2. The summed E-state index contributed by atoms with van der Waals surface area (Å²) in [6, 6.07) is 18.7. The lowest BCUT2D eigenvalue weighted by Gasteiger charge is -2.13. The molecule has 0 aliphatic rings. The quantitative estimate of drug-likeness (QED) is 0.611. The Labute approximate surface area is 115 Å². The third-order valence-electron chi connectivity index (χ3n) is 3.49. The molecule has 0 aromatic heterocycles. The normalized spacial score (nSPS) is 12.3. The Bertz CT molecular complexity index is 494. The SMILES string of the molecule is CC(CCNCc1ccccc1N)c1ccccc1. The predicted molar refractivity (Wildman–Crippen MR) is 82.0 cm³/mol. The minimum Gasteiger partial charge on any atom is -0.398 e. The molecule has 2 rings (SSSR count). The van der Waals surface area contributed by atoms with Gasteiger partial charge in [-0.05, 0) is 36.1 Å². The fraction of sp³-hybridized carbons (Fsp3) is 0.294. The Kier molecular flexibility index (Phi) is 4.99. The van der Waals surface area contributed by atoms with Crippen LogP contribution in [0.15, 0.2) is 54.6 Å². The first-order valence-electron chi connectivity index (χ1n) is 6.86. The van der Waals surface area contributed by atoms with E-state index in [2.05, 4.69) is 48.6 Å². The molecule has 0 spiro atoms. The number of para-hydroxylation sites is 1. The molecule has 0 fully saturated rings. The van der Waals surface area contributed by atoms with Gasteiger partial charge in [-0.25, -0.2) is 0 Å².